The van der Waals surface area contributed by atoms with Crippen molar-refractivity contribution < 1.29 is 14.0 Å². The first-order chi connectivity index (χ1) is 15.7. The molecule has 2 amide bonds. The first-order valence-corrected chi connectivity index (χ1v) is 11.3. The molecule has 0 fully saturated rings. The van der Waals surface area contributed by atoms with Crippen LogP contribution in [0.2, 0.25) is 20.1 Å². The van der Waals surface area contributed by atoms with Crippen molar-refractivity contribution in [3.05, 3.63) is 79.9 Å². The van der Waals surface area contributed by atoms with E-state index in [4.69, 9.17) is 50.8 Å². The average Bonchev–Trinajstić information content (AvgIpc) is 3.21. The van der Waals surface area contributed by atoms with Crippen LogP contribution in [0.4, 0.5) is 0 Å². The van der Waals surface area contributed by atoms with Crippen LogP contribution in [0, 0.1) is 5.92 Å². The standard InChI is InChI=1S/C23H19Cl4N3O3/c1-12(2)21(29-22(31)16-6-3-14(25)10-19(16)27)23(32)30-28-11-15-5-8-20(33-15)17-9-13(24)4-7-18(17)26/h3-12,21H,1-2H3,(H,29,31)(H,30,32)/b28-11+. The summed E-state index contributed by atoms with van der Waals surface area (Å²) in [6.07, 6.45) is 1.34. The van der Waals surface area contributed by atoms with Crippen molar-refractivity contribution in [1.82, 2.24) is 10.7 Å². The van der Waals surface area contributed by atoms with Gasteiger partial charge in [-0.3, -0.25) is 9.59 Å². The Bertz CT molecular complexity index is 1210. The van der Waals surface area contributed by atoms with Crippen LogP contribution in [-0.2, 0) is 4.79 Å². The largest absolute Gasteiger partial charge is 0.455 e. The molecule has 0 aliphatic carbocycles. The van der Waals surface area contributed by atoms with E-state index in [2.05, 4.69) is 15.8 Å². The van der Waals surface area contributed by atoms with Crippen molar-refractivity contribution in [3.8, 4) is 11.3 Å². The minimum absolute atomic E-state index is 0.189. The van der Waals surface area contributed by atoms with Gasteiger partial charge in [0.25, 0.3) is 11.8 Å². The molecule has 1 aromatic heterocycles. The summed E-state index contributed by atoms with van der Waals surface area (Å²) in [6.45, 7) is 3.59. The third kappa shape index (κ3) is 6.51. The molecule has 2 N–H and O–H groups in total. The molecule has 3 aromatic rings. The van der Waals surface area contributed by atoms with Gasteiger partial charge in [-0.25, -0.2) is 5.43 Å². The molecule has 0 saturated carbocycles. The number of carbonyl (C=O) groups excluding carboxylic acids is 2. The van der Waals surface area contributed by atoms with Gasteiger partial charge in [-0.15, -0.1) is 0 Å². The van der Waals surface area contributed by atoms with Crippen molar-refractivity contribution in [3.63, 3.8) is 0 Å². The highest BCUT2D eigenvalue weighted by Crippen LogP contribution is 2.31. The number of hydrazone groups is 1. The van der Waals surface area contributed by atoms with Gasteiger partial charge in [-0.1, -0.05) is 60.3 Å². The zero-order valence-electron chi connectivity index (χ0n) is 17.5. The van der Waals surface area contributed by atoms with Crippen molar-refractivity contribution >= 4 is 64.4 Å². The number of rotatable bonds is 7. The average molecular weight is 527 g/mol. The van der Waals surface area contributed by atoms with Gasteiger partial charge in [0, 0.05) is 15.6 Å². The fraction of sp³-hybridized carbons (Fsp3) is 0.174. The first kappa shape index (κ1) is 25.1. The van der Waals surface area contributed by atoms with E-state index in [1.165, 1.54) is 18.3 Å². The number of nitrogens with zero attached hydrogens (tertiary/aromatic N) is 1. The van der Waals surface area contributed by atoms with Crippen LogP contribution in [0.5, 0.6) is 0 Å². The summed E-state index contributed by atoms with van der Waals surface area (Å²) in [6, 6.07) is 12.1. The van der Waals surface area contributed by atoms with E-state index in [0.29, 0.717) is 32.2 Å². The van der Waals surface area contributed by atoms with Crippen molar-refractivity contribution in [2.45, 2.75) is 19.9 Å². The Morgan fingerprint density at radius 3 is 2.33 bits per heavy atom. The number of carbonyl (C=O) groups is 2. The van der Waals surface area contributed by atoms with Crippen LogP contribution in [-0.4, -0.2) is 24.1 Å². The Labute approximate surface area is 210 Å². The monoisotopic (exact) mass is 525 g/mol. The maximum absolute atomic E-state index is 12.6. The summed E-state index contributed by atoms with van der Waals surface area (Å²) in [4.78, 5) is 25.2. The predicted octanol–water partition coefficient (Wildman–Crippen LogP) is 6.46. The topological polar surface area (TPSA) is 83.7 Å². The molecular formula is C23H19Cl4N3O3. The van der Waals surface area contributed by atoms with Gasteiger partial charge in [0.2, 0.25) is 0 Å². The van der Waals surface area contributed by atoms with Crippen molar-refractivity contribution in [2.24, 2.45) is 11.0 Å². The van der Waals surface area contributed by atoms with Crippen molar-refractivity contribution in [2.75, 3.05) is 0 Å². The van der Waals surface area contributed by atoms with Crippen LogP contribution in [0.1, 0.15) is 30.0 Å². The number of amides is 2. The SMILES string of the molecule is CC(C)C(NC(=O)c1ccc(Cl)cc1Cl)C(=O)N/N=C/c1ccc(-c2cc(Cl)ccc2Cl)o1. The summed E-state index contributed by atoms with van der Waals surface area (Å²) in [5, 5.41) is 8.21. The third-order valence-electron chi connectivity index (χ3n) is 4.60. The van der Waals surface area contributed by atoms with Gasteiger partial charge in [0.15, 0.2) is 0 Å². The summed E-state index contributed by atoms with van der Waals surface area (Å²) in [5.41, 5.74) is 3.27. The van der Waals surface area contributed by atoms with Gasteiger partial charge in [-0.05, 0) is 54.4 Å². The summed E-state index contributed by atoms with van der Waals surface area (Å²) in [5.74, 6) is -0.315. The van der Waals surface area contributed by atoms with Crippen LogP contribution < -0.4 is 10.7 Å². The molecule has 6 nitrogen and oxygen atoms in total. The molecule has 2 aromatic carbocycles. The maximum Gasteiger partial charge on any atom is 0.262 e. The molecule has 1 unspecified atom stereocenters. The molecule has 3 rings (SSSR count). The maximum atomic E-state index is 12.6. The fourth-order valence-electron chi connectivity index (χ4n) is 2.91. The quantitative estimate of drug-likeness (QED) is 0.273. The smallest absolute Gasteiger partial charge is 0.262 e. The van der Waals surface area contributed by atoms with Gasteiger partial charge in [0.1, 0.15) is 17.6 Å². The van der Waals surface area contributed by atoms with Gasteiger partial charge < -0.3 is 9.73 Å². The number of nitrogens with one attached hydrogen (secondary N) is 2. The molecule has 1 atom stereocenters. The summed E-state index contributed by atoms with van der Waals surface area (Å²) < 4.78 is 5.70. The Hall–Kier alpha value is -2.51. The summed E-state index contributed by atoms with van der Waals surface area (Å²) in [7, 11) is 0. The molecule has 10 heteroatoms. The lowest BCUT2D eigenvalue weighted by Crippen LogP contribution is -2.48. The Kier molecular flexibility index (Phi) is 8.43. The van der Waals surface area contributed by atoms with E-state index >= 15 is 0 Å². The zero-order valence-corrected chi connectivity index (χ0v) is 20.6. The lowest BCUT2D eigenvalue weighted by molar-refractivity contribution is -0.123. The van der Waals surface area contributed by atoms with Gasteiger partial charge in [0.05, 0.1) is 21.8 Å². The van der Waals surface area contributed by atoms with Crippen LogP contribution in [0.15, 0.2) is 58.0 Å². The molecule has 0 radical (unpaired) electrons. The minimum atomic E-state index is -0.848. The number of furan rings is 1. The third-order valence-corrected chi connectivity index (χ3v) is 5.71. The second-order valence-electron chi connectivity index (χ2n) is 7.38. The highest BCUT2D eigenvalue weighted by Gasteiger charge is 2.25. The molecule has 172 valence electrons. The first-order valence-electron chi connectivity index (χ1n) is 9.80. The number of halogens is 4. The molecule has 0 aliphatic rings. The molecule has 0 saturated heterocycles. The van der Waals surface area contributed by atoms with Crippen LogP contribution >= 0.6 is 46.4 Å². The van der Waals surface area contributed by atoms with E-state index in [9.17, 15) is 9.59 Å². The lowest BCUT2D eigenvalue weighted by atomic mass is 10.0. The normalized spacial score (nSPS) is 12.2. The van der Waals surface area contributed by atoms with E-state index in [1.54, 1.807) is 50.2 Å². The van der Waals surface area contributed by atoms with E-state index in [0.717, 1.165) is 0 Å². The van der Waals surface area contributed by atoms with Gasteiger partial charge >= 0.3 is 0 Å². The van der Waals surface area contributed by atoms with Crippen LogP contribution in [0.3, 0.4) is 0 Å². The Morgan fingerprint density at radius 2 is 1.64 bits per heavy atom. The van der Waals surface area contributed by atoms with E-state index in [1.807, 2.05) is 0 Å². The molecule has 33 heavy (non-hydrogen) atoms. The Balaban J connectivity index is 1.66. The van der Waals surface area contributed by atoms with E-state index < -0.39 is 17.9 Å². The minimum Gasteiger partial charge on any atom is -0.455 e. The number of benzene rings is 2. The van der Waals surface area contributed by atoms with Crippen molar-refractivity contribution in [1.29, 1.82) is 0 Å². The van der Waals surface area contributed by atoms with Crippen LogP contribution in [0.25, 0.3) is 11.3 Å². The molecular weight excluding hydrogens is 508 g/mol. The Morgan fingerprint density at radius 1 is 0.939 bits per heavy atom. The highest BCUT2D eigenvalue weighted by atomic mass is 35.5. The number of hydrogen-bond donors (Lipinski definition) is 2. The second-order valence-corrected chi connectivity index (χ2v) is 9.07. The summed E-state index contributed by atoms with van der Waals surface area (Å²) >= 11 is 24.2. The predicted molar refractivity (Wildman–Crippen MR) is 132 cm³/mol. The number of hydrogen-bond acceptors (Lipinski definition) is 4. The molecule has 0 aliphatic heterocycles. The second kappa shape index (κ2) is 11.1. The van der Waals surface area contributed by atoms with Gasteiger partial charge in [-0.2, -0.15) is 5.10 Å². The van der Waals surface area contributed by atoms with E-state index in [-0.39, 0.29) is 16.5 Å². The molecule has 1 heterocycles. The molecule has 0 spiro atoms. The molecule has 0 bridgehead atoms. The fourth-order valence-corrected chi connectivity index (χ4v) is 3.79. The zero-order chi connectivity index (χ0) is 24.1. The highest BCUT2D eigenvalue weighted by molar-refractivity contribution is 6.37. The lowest BCUT2D eigenvalue weighted by Gasteiger charge is -2.20.